The second-order valence-corrected chi connectivity index (χ2v) is 4.34. The molecule has 0 radical (unpaired) electrons. The van der Waals surface area contributed by atoms with E-state index < -0.39 is 0 Å². The van der Waals surface area contributed by atoms with E-state index in [-0.39, 0.29) is 0 Å². The zero-order valence-electron chi connectivity index (χ0n) is 9.91. The molecule has 16 heavy (non-hydrogen) atoms. The number of rotatable bonds is 1. The van der Waals surface area contributed by atoms with Gasteiger partial charge in [0.1, 0.15) is 5.75 Å². The quantitative estimate of drug-likeness (QED) is 0.758. The summed E-state index contributed by atoms with van der Waals surface area (Å²) in [5, 5.41) is 9.96. The Morgan fingerprint density at radius 1 is 0.750 bits per heavy atom. The van der Waals surface area contributed by atoms with Crippen molar-refractivity contribution >= 4 is 0 Å². The maximum Gasteiger partial charge on any atom is 0.123 e. The molecule has 0 amide bonds. The van der Waals surface area contributed by atoms with Gasteiger partial charge >= 0.3 is 0 Å². The summed E-state index contributed by atoms with van der Waals surface area (Å²) in [4.78, 5) is 0. The Bertz CT molecular complexity index is 527. The summed E-state index contributed by atoms with van der Waals surface area (Å²) < 4.78 is 0. The molecule has 0 spiro atoms. The minimum absolute atomic E-state index is 0.355. The summed E-state index contributed by atoms with van der Waals surface area (Å²) in [7, 11) is 0. The number of benzene rings is 2. The van der Waals surface area contributed by atoms with Crippen LogP contribution in [0.1, 0.15) is 16.7 Å². The van der Waals surface area contributed by atoms with Crippen molar-refractivity contribution < 1.29 is 5.11 Å². The van der Waals surface area contributed by atoms with Gasteiger partial charge in [-0.25, -0.2) is 0 Å². The molecule has 0 bridgehead atoms. The summed E-state index contributed by atoms with van der Waals surface area (Å²) >= 11 is 0. The molecule has 1 heteroatoms. The summed E-state index contributed by atoms with van der Waals surface area (Å²) in [6.45, 7) is 6.11. The van der Waals surface area contributed by atoms with E-state index in [0.29, 0.717) is 5.75 Å². The molecule has 2 aromatic rings. The first-order valence-corrected chi connectivity index (χ1v) is 5.45. The molecule has 0 atom stereocenters. The van der Waals surface area contributed by atoms with E-state index in [0.717, 1.165) is 16.7 Å². The van der Waals surface area contributed by atoms with Gasteiger partial charge in [0, 0.05) is 5.56 Å². The highest BCUT2D eigenvalue weighted by molar-refractivity contribution is 5.73. The lowest BCUT2D eigenvalue weighted by Gasteiger charge is -2.09. The van der Waals surface area contributed by atoms with Crippen LogP contribution in [0.2, 0.25) is 0 Å². The molecule has 0 saturated carbocycles. The van der Waals surface area contributed by atoms with Gasteiger partial charge in [-0.1, -0.05) is 35.9 Å². The van der Waals surface area contributed by atoms with Crippen LogP contribution in [0, 0.1) is 20.8 Å². The molecule has 0 aliphatic carbocycles. The van der Waals surface area contributed by atoms with Crippen molar-refractivity contribution in [3.63, 3.8) is 0 Å². The minimum atomic E-state index is 0.355. The van der Waals surface area contributed by atoms with Crippen molar-refractivity contribution in [3.8, 4) is 16.9 Å². The Morgan fingerprint density at radius 3 is 2.06 bits per heavy atom. The van der Waals surface area contributed by atoms with E-state index in [9.17, 15) is 5.11 Å². The average Bonchev–Trinajstić information content (AvgIpc) is 2.22. The average molecular weight is 212 g/mol. The van der Waals surface area contributed by atoms with Gasteiger partial charge in [0.25, 0.3) is 0 Å². The maximum atomic E-state index is 9.96. The normalized spacial score (nSPS) is 10.4. The molecule has 0 heterocycles. The Morgan fingerprint density at radius 2 is 1.38 bits per heavy atom. The first-order valence-electron chi connectivity index (χ1n) is 5.45. The van der Waals surface area contributed by atoms with Crippen molar-refractivity contribution in [1.82, 2.24) is 0 Å². The van der Waals surface area contributed by atoms with Crippen LogP contribution in [0.25, 0.3) is 11.1 Å². The number of hydrogen-bond donors (Lipinski definition) is 1. The summed E-state index contributed by atoms with van der Waals surface area (Å²) in [6.07, 6.45) is 0. The molecule has 82 valence electrons. The van der Waals surface area contributed by atoms with Crippen molar-refractivity contribution in [2.45, 2.75) is 20.8 Å². The molecule has 2 aromatic carbocycles. The largest absolute Gasteiger partial charge is 0.507 e. The van der Waals surface area contributed by atoms with Crippen LogP contribution in [0.5, 0.6) is 5.75 Å². The molecule has 0 saturated heterocycles. The topological polar surface area (TPSA) is 20.2 Å². The fraction of sp³-hybridized carbons (Fsp3) is 0.200. The smallest absolute Gasteiger partial charge is 0.123 e. The number of hydrogen-bond acceptors (Lipinski definition) is 1. The van der Waals surface area contributed by atoms with E-state index in [4.69, 9.17) is 0 Å². The second-order valence-electron chi connectivity index (χ2n) is 4.34. The maximum absolute atomic E-state index is 9.96. The van der Waals surface area contributed by atoms with E-state index >= 15 is 0 Å². The molecule has 0 aromatic heterocycles. The Hall–Kier alpha value is -1.76. The molecule has 1 N–H and O–H groups in total. The van der Waals surface area contributed by atoms with Gasteiger partial charge in [-0.2, -0.15) is 0 Å². The van der Waals surface area contributed by atoms with Gasteiger partial charge in [-0.05, 0) is 43.5 Å². The molecule has 0 unspecified atom stereocenters. The first-order chi connectivity index (χ1) is 7.58. The molecule has 0 aliphatic heterocycles. The summed E-state index contributed by atoms with van der Waals surface area (Å²) in [5.74, 6) is 0.355. The van der Waals surface area contributed by atoms with Crippen LogP contribution in [0.4, 0.5) is 0 Å². The van der Waals surface area contributed by atoms with E-state index in [1.54, 1.807) is 6.07 Å². The van der Waals surface area contributed by atoms with Gasteiger partial charge in [-0.3, -0.25) is 0 Å². The van der Waals surface area contributed by atoms with Crippen LogP contribution in [0.15, 0.2) is 36.4 Å². The monoisotopic (exact) mass is 212 g/mol. The molecular weight excluding hydrogens is 196 g/mol. The Kier molecular flexibility index (Phi) is 2.69. The lowest BCUT2D eigenvalue weighted by atomic mass is 9.97. The van der Waals surface area contributed by atoms with Crippen LogP contribution in [0.3, 0.4) is 0 Å². The molecule has 2 rings (SSSR count). The molecule has 0 aliphatic rings. The van der Waals surface area contributed by atoms with Gasteiger partial charge in [0.15, 0.2) is 0 Å². The SMILES string of the molecule is Cc1ccc(-c2cc(C)ccc2C)c(O)c1. The Labute approximate surface area is 96.4 Å². The lowest BCUT2D eigenvalue weighted by molar-refractivity contribution is 0.477. The zero-order valence-corrected chi connectivity index (χ0v) is 9.91. The standard InChI is InChI=1S/C15H16O/c1-10-4-6-12(3)14(8-10)13-7-5-11(2)9-15(13)16/h4-9,16H,1-3H3. The Balaban J connectivity index is 2.62. The van der Waals surface area contributed by atoms with Gasteiger partial charge in [-0.15, -0.1) is 0 Å². The predicted molar refractivity (Wildman–Crippen MR) is 67.8 cm³/mol. The fourth-order valence-electron chi connectivity index (χ4n) is 1.90. The third kappa shape index (κ3) is 1.94. The van der Waals surface area contributed by atoms with E-state index in [1.165, 1.54) is 11.1 Å². The number of aryl methyl sites for hydroxylation is 3. The van der Waals surface area contributed by atoms with E-state index in [2.05, 4.69) is 32.0 Å². The highest BCUT2D eigenvalue weighted by Gasteiger charge is 2.07. The minimum Gasteiger partial charge on any atom is -0.507 e. The number of phenolic OH excluding ortho intramolecular Hbond substituents is 1. The second kappa shape index (κ2) is 4.01. The van der Waals surface area contributed by atoms with Crippen LogP contribution in [-0.4, -0.2) is 5.11 Å². The summed E-state index contributed by atoms with van der Waals surface area (Å²) in [6, 6.07) is 12.1. The van der Waals surface area contributed by atoms with Gasteiger partial charge in [0.05, 0.1) is 0 Å². The lowest BCUT2D eigenvalue weighted by Crippen LogP contribution is -1.86. The van der Waals surface area contributed by atoms with Crippen molar-refractivity contribution in [2.75, 3.05) is 0 Å². The summed E-state index contributed by atoms with van der Waals surface area (Å²) in [5.41, 5.74) is 5.49. The molecule has 1 nitrogen and oxygen atoms in total. The van der Waals surface area contributed by atoms with Crippen molar-refractivity contribution in [3.05, 3.63) is 53.1 Å². The predicted octanol–water partition coefficient (Wildman–Crippen LogP) is 3.98. The van der Waals surface area contributed by atoms with Crippen LogP contribution >= 0.6 is 0 Å². The molecule has 0 fully saturated rings. The van der Waals surface area contributed by atoms with Crippen molar-refractivity contribution in [1.29, 1.82) is 0 Å². The van der Waals surface area contributed by atoms with Crippen molar-refractivity contribution in [2.24, 2.45) is 0 Å². The third-order valence-corrected chi connectivity index (χ3v) is 2.84. The molecular formula is C15H16O. The van der Waals surface area contributed by atoms with E-state index in [1.807, 2.05) is 19.1 Å². The third-order valence-electron chi connectivity index (χ3n) is 2.84. The number of aromatic hydroxyl groups is 1. The van der Waals surface area contributed by atoms with Gasteiger partial charge < -0.3 is 5.11 Å². The zero-order chi connectivity index (χ0) is 11.7. The fourth-order valence-corrected chi connectivity index (χ4v) is 1.90. The number of phenols is 1. The van der Waals surface area contributed by atoms with Gasteiger partial charge in [0.2, 0.25) is 0 Å². The van der Waals surface area contributed by atoms with Crippen LogP contribution in [-0.2, 0) is 0 Å². The highest BCUT2D eigenvalue weighted by Crippen LogP contribution is 2.32. The first kappa shape index (κ1) is 10.7. The van der Waals surface area contributed by atoms with Crippen LogP contribution < -0.4 is 0 Å². The highest BCUT2D eigenvalue weighted by atomic mass is 16.3.